The molecule has 2 aromatic rings. The van der Waals surface area contributed by atoms with Gasteiger partial charge in [-0.2, -0.15) is 0 Å². The van der Waals surface area contributed by atoms with Crippen LogP contribution in [0, 0.1) is 0 Å². The molecule has 0 unspecified atom stereocenters. The number of aromatic nitrogens is 4. The van der Waals surface area contributed by atoms with E-state index in [1.54, 1.807) is 19.3 Å². The predicted molar refractivity (Wildman–Crippen MR) is 70.1 cm³/mol. The summed E-state index contributed by atoms with van der Waals surface area (Å²) in [5, 5.41) is 18.3. The molecule has 0 radical (unpaired) electrons. The minimum atomic E-state index is -0.255. The van der Waals surface area contributed by atoms with Crippen molar-refractivity contribution in [2.24, 2.45) is 17.9 Å². The van der Waals surface area contributed by atoms with E-state index in [1.165, 1.54) is 16.3 Å². The van der Waals surface area contributed by atoms with Gasteiger partial charge in [0.05, 0.1) is 0 Å². The Labute approximate surface area is 112 Å². The van der Waals surface area contributed by atoms with Crippen LogP contribution in [0.25, 0.3) is 0 Å². The number of oxime groups is 1. The van der Waals surface area contributed by atoms with E-state index in [-0.39, 0.29) is 11.5 Å². The second kappa shape index (κ2) is 5.57. The first-order valence-corrected chi connectivity index (χ1v) is 6.27. The van der Waals surface area contributed by atoms with E-state index in [9.17, 15) is 4.79 Å². The van der Waals surface area contributed by atoms with Crippen molar-refractivity contribution in [3.63, 3.8) is 0 Å². The van der Waals surface area contributed by atoms with Crippen LogP contribution >= 0.6 is 11.8 Å². The Morgan fingerprint density at radius 2 is 2.47 bits per heavy atom. The maximum atomic E-state index is 11.2. The van der Waals surface area contributed by atoms with Gasteiger partial charge in [0.15, 0.2) is 11.0 Å². The Bertz CT molecular complexity index is 662. The number of hydrogen-bond donors (Lipinski definition) is 3. The lowest BCUT2D eigenvalue weighted by molar-refractivity contribution is 0.318. The van der Waals surface area contributed by atoms with Crippen molar-refractivity contribution in [2.75, 3.05) is 0 Å². The van der Waals surface area contributed by atoms with Gasteiger partial charge in [0.2, 0.25) is 0 Å². The van der Waals surface area contributed by atoms with Crippen LogP contribution in [0.2, 0.25) is 0 Å². The summed E-state index contributed by atoms with van der Waals surface area (Å²) in [6.07, 6.45) is 1.58. The van der Waals surface area contributed by atoms with Crippen LogP contribution in [0.4, 0.5) is 0 Å². The SMILES string of the molecule is Cn1c(SCc2ccnc(C(N)=NO)c2)n[nH]c1=O. The van der Waals surface area contributed by atoms with E-state index < -0.39 is 0 Å². The van der Waals surface area contributed by atoms with E-state index in [0.717, 1.165) is 5.56 Å². The summed E-state index contributed by atoms with van der Waals surface area (Å²) in [7, 11) is 1.64. The van der Waals surface area contributed by atoms with Crippen molar-refractivity contribution in [3.8, 4) is 0 Å². The molecule has 0 aliphatic rings. The molecule has 0 atom stereocenters. The molecule has 19 heavy (non-hydrogen) atoms. The molecule has 100 valence electrons. The van der Waals surface area contributed by atoms with Gasteiger partial charge < -0.3 is 10.9 Å². The van der Waals surface area contributed by atoms with Crippen molar-refractivity contribution in [1.82, 2.24) is 19.7 Å². The third-order valence-corrected chi connectivity index (χ3v) is 3.50. The van der Waals surface area contributed by atoms with Gasteiger partial charge in [-0.25, -0.2) is 9.89 Å². The number of hydrogen-bond acceptors (Lipinski definition) is 6. The van der Waals surface area contributed by atoms with Crippen LogP contribution in [0.5, 0.6) is 0 Å². The van der Waals surface area contributed by atoms with Crippen LogP contribution < -0.4 is 11.4 Å². The molecule has 0 aliphatic heterocycles. The molecule has 9 heteroatoms. The van der Waals surface area contributed by atoms with Crippen molar-refractivity contribution in [3.05, 3.63) is 40.1 Å². The second-order valence-electron chi connectivity index (χ2n) is 3.69. The summed E-state index contributed by atoms with van der Waals surface area (Å²) < 4.78 is 1.43. The topological polar surface area (TPSA) is 122 Å². The predicted octanol–water partition coefficient (Wildman–Crippen LogP) is -0.110. The minimum Gasteiger partial charge on any atom is -0.409 e. The summed E-state index contributed by atoms with van der Waals surface area (Å²) in [6, 6.07) is 3.53. The van der Waals surface area contributed by atoms with Gasteiger partial charge >= 0.3 is 5.69 Å². The lowest BCUT2D eigenvalue weighted by atomic mass is 10.2. The van der Waals surface area contributed by atoms with Crippen molar-refractivity contribution in [2.45, 2.75) is 10.9 Å². The number of aromatic amines is 1. The zero-order valence-electron chi connectivity index (χ0n) is 10.1. The molecule has 0 aromatic carbocycles. The summed E-state index contributed by atoms with van der Waals surface area (Å²) in [5.41, 5.74) is 6.54. The number of amidine groups is 1. The quantitative estimate of drug-likeness (QED) is 0.236. The molecule has 0 aliphatic carbocycles. The van der Waals surface area contributed by atoms with Crippen LogP contribution in [-0.2, 0) is 12.8 Å². The van der Waals surface area contributed by atoms with E-state index in [0.29, 0.717) is 16.6 Å². The summed E-state index contributed by atoms with van der Waals surface area (Å²) in [6.45, 7) is 0. The van der Waals surface area contributed by atoms with Crippen LogP contribution in [-0.4, -0.2) is 30.8 Å². The van der Waals surface area contributed by atoms with Crippen LogP contribution in [0.1, 0.15) is 11.3 Å². The maximum Gasteiger partial charge on any atom is 0.343 e. The molecule has 0 saturated carbocycles. The number of thioether (sulfide) groups is 1. The fraction of sp³-hybridized carbons (Fsp3) is 0.200. The normalized spacial score (nSPS) is 11.7. The highest BCUT2D eigenvalue weighted by atomic mass is 32.2. The number of H-pyrrole nitrogens is 1. The molecule has 8 nitrogen and oxygen atoms in total. The number of nitrogens with zero attached hydrogens (tertiary/aromatic N) is 4. The van der Waals surface area contributed by atoms with E-state index >= 15 is 0 Å². The summed E-state index contributed by atoms with van der Waals surface area (Å²) >= 11 is 1.40. The molecular weight excluding hydrogens is 268 g/mol. The highest BCUT2D eigenvalue weighted by Gasteiger charge is 2.07. The molecule has 2 aromatic heterocycles. The summed E-state index contributed by atoms with van der Waals surface area (Å²) in [5.74, 6) is 0.547. The Morgan fingerprint density at radius 3 is 3.11 bits per heavy atom. The van der Waals surface area contributed by atoms with Crippen LogP contribution in [0.3, 0.4) is 0 Å². The average molecular weight is 280 g/mol. The lowest BCUT2D eigenvalue weighted by Crippen LogP contribution is -2.15. The first kappa shape index (κ1) is 13.1. The van der Waals surface area contributed by atoms with Gasteiger partial charge in [-0.1, -0.05) is 16.9 Å². The molecule has 2 heterocycles. The Kier molecular flexibility index (Phi) is 3.85. The first-order chi connectivity index (χ1) is 9.11. The third-order valence-electron chi connectivity index (χ3n) is 2.40. The lowest BCUT2D eigenvalue weighted by Gasteiger charge is -2.03. The van der Waals surface area contributed by atoms with Gasteiger partial charge in [-0.05, 0) is 17.7 Å². The van der Waals surface area contributed by atoms with Gasteiger partial charge in [0, 0.05) is 19.0 Å². The Hall–Kier alpha value is -2.29. The minimum absolute atomic E-state index is 0.0426. The molecule has 0 bridgehead atoms. The molecule has 0 fully saturated rings. The standard InChI is InChI=1S/C10H12N6O2S/c1-16-9(17)13-14-10(16)19-5-6-2-3-12-7(4-6)8(11)15-18/h2-4,18H,5H2,1H3,(H2,11,15)(H,13,17). The fourth-order valence-corrected chi connectivity index (χ4v) is 2.23. The second-order valence-corrected chi connectivity index (χ2v) is 4.64. The smallest absolute Gasteiger partial charge is 0.343 e. The fourth-order valence-electron chi connectivity index (χ4n) is 1.36. The average Bonchev–Trinajstić information content (AvgIpc) is 2.76. The maximum absolute atomic E-state index is 11.2. The Morgan fingerprint density at radius 1 is 1.68 bits per heavy atom. The molecule has 0 saturated heterocycles. The molecule has 4 N–H and O–H groups in total. The molecule has 2 rings (SSSR count). The van der Waals surface area contributed by atoms with Crippen molar-refractivity contribution in [1.29, 1.82) is 0 Å². The highest BCUT2D eigenvalue weighted by molar-refractivity contribution is 7.98. The van der Waals surface area contributed by atoms with Gasteiger partial charge in [-0.15, -0.1) is 5.10 Å². The monoisotopic (exact) mass is 280 g/mol. The zero-order valence-corrected chi connectivity index (χ0v) is 10.9. The zero-order chi connectivity index (χ0) is 13.8. The van der Waals surface area contributed by atoms with E-state index in [1.807, 2.05) is 6.07 Å². The van der Waals surface area contributed by atoms with Gasteiger partial charge in [0.1, 0.15) is 5.69 Å². The van der Waals surface area contributed by atoms with Gasteiger partial charge in [0.25, 0.3) is 0 Å². The Balaban J connectivity index is 2.12. The molecular formula is C10H12N6O2S. The number of nitrogens with one attached hydrogen (secondary N) is 1. The van der Waals surface area contributed by atoms with Crippen LogP contribution in [0.15, 0.2) is 33.4 Å². The van der Waals surface area contributed by atoms with E-state index in [2.05, 4.69) is 20.3 Å². The number of rotatable bonds is 4. The van der Waals surface area contributed by atoms with Crippen molar-refractivity contribution < 1.29 is 5.21 Å². The van der Waals surface area contributed by atoms with E-state index in [4.69, 9.17) is 10.9 Å². The van der Waals surface area contributed by atoms with Gasteiger partial charge in [-0.3, -0.25) is 9.55 Å². The molecule has 0 spiro atoms. The largest absolute Gasteiger partial charge is 0.409 e. The van der Waals surface area contributed by atoms with Crippen molar-refractivity contribution >= 4 is 17.6 Å². The number of pyridine rings is 1. The molecule has 0 amide bonds. The third kappa shape index (κ3) is 2.94. The summed E-state index contributed by atoms with van der Waals surface area (Å²) in [4.78, 5) is 15.2. The first-order valence-electron chi connectivity index (χ1n) is 5.29. The highest BCUT2D eigenvalue weighted by Crippen LogP contribution is 2.18. The number of nitrogens with two attached hydrogens (primary N) is 1.